The second kappa shape index (κ2) is 5.69. The first-order valence-corrected chi connectivity index (χ1v) is 7.75. The maximum absolute atomic E-state index is 5.43. The molecule has 0 unspecified atom stereocenters. The summed E-state index contributed by atoms with van der Waals surface area (Å²) in [7, 11) is 3.52. The zero-order valence-corrected chi connectivity index (χ0v) is 14.7. The Kier molecular flexibility index (Phi) is 3.88. The van der Waals surface area contributed by atoms with Crippen molar-refractivity contribution >= 4 is 28.1 Å². The van der Waals surface area contributed by atoms with E-state index in [4.69, 9.17) is 17.0 Å². The molecule has 0 aliphatic carbocycles. The van der Waals surface area contributed by atoms with Crippen LogP contribution in [-0.4, -0.2) is 31.7 Å². The lowest BCUT2D eigenvalue weighted by Gasteiger charge is -2.10. The third-order valence-corrected chi connectivity index (χ3v) is 4.69. The number of nitrogens with zero attached hydrogens (tertiary/aromatic N) is 4. The van der Waals surface area contributed by atoms with Crippen molar-refractivity contribution in [2.24, 2.45) is 7.05 Å². The Hall–Kier alpha value is -1.93. The van der Waals surface area contributed by atoms with Crippen molar-refractivity contribution in [1.29, 1.82) is 0 Å². The molecule has 0 radical (unpaired) electrons. The van der Waals surface area contributed by atoms with E-state index in [-0.39, 0.29) is 0 Å². The number of aromatic nitrogens is 5. The summed E-state index contributed by atoms with van der Waals surface area (Å²) in [6, 6.07) is 7.64. The number of aromatic amines is 1. The maximum Gasteiger partial charge on any atom is 0.200 e. The molecule has 0 saturated carbocycles. The highest BCUT2D eigenvalue weighted by Crippen LogP contribution is 2.32. The van der Waals surface area contributed by atoms with E-state index in [1.165, 1.54) is 0 Å². The Morgan fingerprint density at radius 3 is 2.68 bits per heavy atom. The molecule has 0 fully saturated rings. The van der Waals surface area contributed by atoms with E-state index in [0.717, 1.165) is 21.5 Å². The molecule has 2 heterocycles. The first-order chi connectivity index (χ1) is 10.5. The SMILES string of the molecule is COc1ccccc1-n1c(-c2nn(C)c(C)c2Br)n[nH]c1=S. The van der Waals surface area contributed by atoms with Crippen LogP contribution >= 0.6 is 28.1 Å². The van der Waals surface area contributed by atoms with E-state index in [1.807, 2.05) is 42.8 Å². The highest BCUT2D eigenvalue weighted by Gasteiger charge is 2.20. The van der Waals surface area contributed by atoms with Crippen molar-refractivity contribution in [2.45, 2.75) is 6.92 Å². The summed E-state index contributed by atoms with van der Waals surface area (Å²) in [4.78, 5) is 0. The molecule has 0 amide bonds. The van der Waals surface area contributed by atoms with E-state index < -0.39 is 0 Å². The summed E-state index contributed by atoms with van der Waals surface area (Å²) in [6.07, 6.45) is 0. The molecule has 0 saturated heterocycles. The molecule has 6 nitrogen and oxygen atoms in total. The summed E-state index contributed by atoms with van der Waals surface area (Å²) in [5.41, 5.74) is 2.54. The van der Waals surface area contributed by atoms with E-state index in [1.54, 1.807) is 11.8 Å². The van der Waals surface area contributed by atoms with E-state index in [9.17, 15) is 0 Å². The molecular weight excluding hydrogens is 366 g/mol. The molecule has 22 heavy (non-hydrogen) atoms. The summed E-state index contributed by atoms with van der Waals surface area (Å²) >= 11 is 8.96. The van der Waals surface area contributed by atoms with E-state index >= 15 is 0 Å². The van der Waals surface area contributed by atoms with Crippen molar-refractivity contribution in [3.63, 3.8) is 0 Å². The standard InChI is InChI=1S/C14H14BrN5OS/c1-8-11(15)12(18-19(8)2)13-16-17-14(22)20(13)9-6-4-5-7-10(9)21-3/h4-7H,1-3H3,(H,17,22). The predicted molar refractivity (Wildman–Crippen MR) is 89.9 cm³/mol. The van der Waals surface area contributed by atoms with Gasteiger partial charge in [-0.3, -0.25) is 14.3 Å². The smallest absolute Gasteiger partial charge is 0.200 e. The Labute approximate surface area is 140 Å². The first kappa shape index (κ1) is 15.0. The van der Waals surface area contributed by atoms with Gasteiger partial charge in [-0.1, -0.05) is 12.1 Å². The number of nitrogens with one attached hydrogen (secondary N) is 1. The van der Waals surface area contributed by atoms with Gasteiger partial charge in [0.05, 0.1) is 17.3 Å². The Morgan fingerprint density at radius 2 is 2.05 bits per heavy atom. The van der Waals surface area contributed by atoms with Gasteiger partial charge in [0, 0.05) is 12.7 Å². The van der Waals surface area contributed by atoms with Crippen molar-refractivity contribution < 1.29 is 4.74 Å². The number of rotatable bonds is 3. The van der Waals surface area contributed by atoms with Gasteiger partial charge in [-0.15, -0.1) is 0 Å². The fourth-order valence-corrected chi connectivity index (χ4v) is 2.96. The van der Waals surface area contributed by atoms with Crippen LogP contribution in [0.2, 0.25) is 0 Å². The minimum atomic E-state index is 0.481. The van der Waals surface area contributed by atoms with Crippen LogP contribution in [0.4, 0.5) is 0 Å². The lowest BCUT2D eigenvalue weighted by atomic mass is 10.2. The van der Waals surface area contributed by atoms with Crippen LogP contribution in [0.15, 0.2) is 28.7 Å². The minimum Gasteiger partial charge on any atom is -0.495 e. The van der Waals surface area contributed by atoms with Gasteiger partial charge in [-0.2, -0.15) is 10.2 Å². The summed E-state index contributed by atoms with van der Waals surface area (Å²) in [6.45, 7) is 1.98. The zero-order chi connectivity index (χ0) is 15.9. The lowest BCUT2D eigenvalue weighted by Crippen LogP contribution is -2.01. The first-order valence-electron chi connectivity index (χ1n) is 6.55. The highest BCUT2D eigenvalue weighted by atomic mass is 79.9. The van der Waals surface area contributed by atoms with Crippen LogP contribution in [0.1, 0.15) is 5.69 Å². The van der Waals surface area contributed by atoms with Crippen LogP contribution in [0.3, 0.4) is 0 Å². The molecule has 1 aromatic carbocycles. The number of H-pyrrole nitrogens is 1. The van der Waals surface area contributed by atoms with Crippen molar-refractivity contribution in [3.8, 4) is 23.0 Å². The molecule has 3 aromatic rings. The monoisotopic (exact) mass is 379 g/mol. The van der Waals surface area contributed by atoms with Crippen molar-refractivity contribution in [1.82, 2.24) is 24.5 Å². The van der Waals surface area contributed by atoms with Gasteiger partial charge < -0.3 is 4.74 Å². The largest absolute Gasteiger partial charge is 0.495 e. The zero-order valence-electron chi connectivity index (χ0n) is 12.3. The van der Waals surface area contributed by atoms with Gasteiger partial charge >= 0.3 is 0 Å². The average Bonchev–Trinajstić information content (AvgIpc) is 3.02. The fourth-order valence-electron chi connectivity index (χ4n) is 2.22. The Bertz CT molecular complexity index is 895. The lowest BCUT2D eigenvalue weighted by molar-refractivity contribution is 0.413. The normalized spacial score (nSPS) is 10.9. The molecule has 3 rings (SSSR count). The van der Waals surface area contributed by atoms with Gasteiger partial charge in [0.2, 0.25) is 0 Å². The molecule has 1 N–H and O–H groups in total. The quantitative estimate of drug-likeness (QED) is 0.708. The molecular formula is C14H14BrN5OS. The number of ether oxygens (including phenoxy) is 1. The van der Waals surface area contributed by atoms with Crippen LogP contribution < -0.4 is 4.74 Å². The molecule has 2 aromatic heterocycles. The number of benzene rings is 1. The van der Waals surface area contributed by atoms with E-state index in [2.05, 4.69) is 31.2 Å². The van der Waals surface area contributed by atoms with Gasteiger partial charge in [0.1, 0.15) is 11.4 Å². The second-order valence-corrected chi connectivity index (χ2v) is 5.91. The molecule has 8 heteroatoms. The number of para-hydroxylation sites is 2. The van der Waals surface area contributed by atoms with Crippen LogP contribution in [-0.2, 0) is 7.05 Å². The number of aryl methyl sites for hydroxylation is 1. The average molecular weight is 380 g/mol. The van der Waals surface area contributed by atoms with Gasteiger partial charge in [0.15, 0.2) is 10.6 Å². The molecule has 0 bridgehead atoms. The summed E-state index contributed by atoms with van der Waals surface area (Å²) in [5.74, 6) is 1.34. The van der Waals surface area contributed by atoms with Crippen LogP contribution in [0.25, 0.3) is 17.2 Å². The fraction of sp³-hybridized carbons (Fsp3) is 0.214. The third-order valence-electron chi connectivity index (χ3n) is 3.47. The van der Waals surface area contributed by atoms with Gasteiger partial charge in [0.25, 0.3) is 0 Å². The summed E-state index contributed by atoms with van der Waals surface area (Å²) in [5, 5.41) is 11.7. The van der Waals surface area contributed by atoms with E-state index in [0.29, 0.717) is 16.3 Å². The van der Waals surface area contributed by atoms with Crippen LogP contribution in [0, 0.1) is 11.7 Å². The minimum absolute atomic E-state index is 0.481. The third kappa shape index (κ3) is 2.28. The predicted octanol–water partition coefficient (Wildman–Crippen LogP) is 3.41. The molecule has 114 valence electrons. The number of methoxy groups -OCH3 is 1. The Morgan fingerprint density at radius 1 is 1.32 bits per heavy atom. The van der Waals surface area contributed by atoms with Gasteiger partial charge in [-0.05, 0) is 47.2 Å². The van der Waals surface area contributed by atoms with Crippen LogP contribution in [0.5, 0.6) is 5.75 Å². The molecule has 0 aliphatic heterocycles. The van der Waals surface area contributed by atoms with Crippen molar-refractivity contribution in [3.05, 3.63) is 39.2 Å². The van der Waals surface area contributed by atoms with Crippen molar-refractivity contribution in [2.75, 3.05) is 7.11 Å². The number of hydrogen-bond acceptors (Lipinski definition) is 4. The topological polar surface area (TPSA) is 60.7 Å². The maximum atomic E-state index is 5.43. The Balaban J connectivity index is 2.29. The molecule has 0 spiro atoms. The number of hydrogen-bond donors (Lipinski definition) is 1. The summed E-state index contributed by atoms with van der Waals surface area (Å²) < 4.78 is 10.4. The number of halogens is 1. The molecule has 0 atom stereocenters. The highest BCUT2D eigenvalue weighted by molar-refractivity contribution is 9.10. The van der Waals surface area contributed by atoms with Gasteiger partial charge in [-0.25, -0.2) is 0 Å². The molecule has 0 aliphatic rings. The second-order valence-electron chi connectivity index (χ2n) is 4.73.